The molecular weight excluding hydrogens is 512 g/mol. The second kappa shape index (κ2) is 12.4. The predicted octanol–water partition coefficient (Wildman–Crippen LogP) is 5.73. The molecule has 1 saturated heterocycles. The quantitative estimate of drug-likeness (QED) is 0.269. The monoisotopic (exact) mass is 545 g/mol. The van der Waals surface area contributed by atoms with Gasteiger partial charge >= 0.3 is 0 Å². The summed E-state index contributed by atoms with van der Waals surface area (Å²) in [4.78, 5) is 24.5. The van der Waals surface area contributed by atoms with E-state index in [9.17, 15) is 13.6 Å². The van der Waals surface area contributed by atoms with Gasteiger partial charge in [-0.05, 0) is 92.6 Å². The Morgan fingerprint density at radius 2 is 1.57 bits per heavy atom. The Bertz CT molecular complexity index is 1450. The van der Waals surface area contributed by atoms with Gasteiger partial charge in [-0.2, -0.15) is 0 Å². The van der Waals surface area contributed by atoms with Crippen LogP contribution < -0.4 is 4.74 Å². The number of hydrogen-bond acceptors (Lipinski definition) is 5. The summed E-state index contributed by atoms with van der Waals surface area (Å²) in [6.45, 7) is 3.46. The molecule has 0 saturated carbocycles. The van der Waals surface area contributed by atoms with E-state index in [-0.39, 0.29) is 24.1 Å². The Labute approximate surface area is 232 Å². The number of halogens is 2. The third kappa shape index (κ3) is 6.35. The van der Waals surface area contributed by atoms with Crippen LogP contribution in [0.25, 0.3) is 22.8 Å². The minimum absolute atomic E-state index is 0.0130. The van der Waals surface area contributed by atoms with Gasteiger partial charge in [0.1, 0.15) is 18.2 Å². The molecule has 0 unspecified atom stereocenters. The first kappa shape index (κ1) is 27.4. The van der Waals surface area contributed by atoms with E-state index in [2.05, 4.69) is 34.1 Å². The molecule has 0 spiro atoms. The maximum Gasteiger partial charge on any atom is 0.244 e. The number of hydrogen-bond donors (Lipinski definition) is 0. The van der Waals surface area contributed by atoms with Gasteiger partial charge in [0.15, 0.2) is 11.6 Å². The van der Waals surface area contributed by atoms with E-state index in [1.54, 1.807) is 36.1 Å². The maximum atomic E-state index is 13.6. The van der Waals surface area contributed by atoms with Gasteiger partial charge in [-0.15, -0.1) is 5.10 Å². The summed E-state index contributed by atoms with van der Waals surface area (Å²) < 4.78 is 34.0. The highest BCUT2D eigenvalue weighted by molar-refractivity contribution is 5.77. The molecule has 1 aliphatic heterocycles. The lowest BCUT2D eigenvalue weighted by molar-refractivity contribution is -0.133. The molecule has 4 aromatic rings. The van der Waals surface area contributed by atoms with Crippen LogP contribution >= 0.6 is 0 Å². The van der Waals surface area contributed by atoms with Gasteiger partial charge < -0.3 is 9.64 Å². The number of pyridine rings is 1. The van der Waals surface area contributed by atoms with Gasteiger partial charge in [0.25, 0.3) is 0 Å². The summed E-state index contributed by atoms with van der Waals surface area (Å²) in [6.07, 6.45) is 4.64. The van der Waals surface area contributed by atoms with Crippen molar-refractivity contribution in [2.45, 2.75) is 45.6 Å². The molecule has 7 nitrogen and oxygen atoms in total. The number of piperidine rings is 1. The second-order valence-corrected chi connectivity index (χ2v) is 10.1. The molecule has 3 heterocycles. The molecular formula is C31H33F2N5O2. The molecule has 0 bridgehead atoms. The van der Waals surface area contributed by atoms with Crippen molar-refractivity contribution >= 4 is 5.91 Å². The molecule has 0 aliphatic carbocycles. The number of benzene rings is 2. The summed E-state index contributed by atoms with van der Waals surface area (Å²) in [5.74, 6) is 1.30. The Morgan fingerprint density at radius 1 is 0.925 bits per heavy atom. The predicted molar refractivity (Wildman–Crippen MR) is 149 cm³/mol. The van der Waals surface area contributed by atoms with Crippen LogP contribution in [0.15, 0.2) is 60.7 Å². The molecule has 9 heteroatoms. The van der Waals surface area contributed by atoms with Crippen molar-refractivity contribution in [2.24, 2.45) is 5.92 Å². The molecule has 5 rings (SSSR count). The van der Waals surface area contributed by atoms with Crippen molar-refractivity contribution in [3.8, 4) is 28.7 Å². The third-order valence-corrected chi connectivity index (χ3v) is 7.51. The van der Waals surface area contributed by atoms with Crippen LogP contribution in [0, 0.1) is 17.6 Å². The van der Waals surface area contributed by atoms with Gasteiger partial charge in [-0.1, -0.05) is 13.0 Å². The Kier molecular flexibility index (Phi) is 8.48. The highest BCUT2D eigenvalue weighted by Gasteiger charge is 2.25. The van der Waals surface area contributed by atoms with Crippen molar-refractivity contribution in [3.05, 3.63) is 83.6 Å². The molecule has 1 aliphatic rings. The highest BCUT2D eigenvalue weighted by atomic mass is 19.1. The van der Waals surface area contributed by atoms with Gasteiger partial charge in [0.2, 0.25) is 11.8 Å². The zero-order valence-corrected chi connectivity index (χ0v) is 22.8. The largest absolute Gasteiger partial charge is 0.481 e. The molecule has 0 N–H and O–H groups in total. The van der Waals surface area contributed by atoms with E-state index in [1.807, 2.05) is 4.90 Å². The fourth-order valence-corrected chi connectivity index (χ4v) is 5.13. The van der Waals surface area contributed by atoms with Gasteiger partial charge in [-0.25, -0.2) is 23.4 Å². The lowest BCUT2D eigenvalue weighted by Gasteiger charge is -2.32. The minimum atomic E-state index is -0.361. The average Bonchev–Trinajstić information content (AvgIpc) is 3.40. The van der Waals surface area contributed by atoms with Crippen LogP contribution in [0.4, 0.5) is 8.78 Å². The number of methoxy groups -OCH3 is 1. The Morgan fingerprint density at radius 3 is 2.20 bits per heavy atom. The van der Waals surface area contributed by atoms with Gasteiger partial charge in [0, 0.05) is 35.5 Å². The summed E-state index contributed by atoms with van der Waals surface area (Å²) in [5.41, 5.74) is 3.42. The van der Waals surface area contributed by atoms with Crippen LogP contribution in [0.2, 0.25) is 0 Å². The molecule has 0 radical (unpaired) electrons. The zero-order chi connectivity index (χ0) is 28.1. The Balaban J connectivity index is 1.23. The molecule has 2 aromatic heterocycles. The number of nitrogens with zero attached hydrogens (tertiary/aromatic N) is 5. The van der Waals surface area contributed by atoms with Crippen LogP contribution in [0.3, 0.4) is 0 Å². The molecule has 40 heavy (non-hydrogen) atoms. The number of carbonyl (C=O) groups is 1. The van der Waals surface area contributed by atoms with Crippen molar-refractivity contribution in [1.29, 1.82) is 0 Å². The number of rotatable bonds is 9. The molecule has 1 fully saturated rings. The number of aryl methyl sites for hydroxylation is 2. The first-order valence-electron chi connectivity index (χ1n) is 13.7. The minimum Gasteiger partial charge on any atom is -0.481 e. The van der Waals surface area contributed by atoms with Crippen LogP contribution in [-0.2, 0) is 24.2 Å². The summed E-state index contributed by atoms with van der Waals surface area (Å²) >= 11 is 0. The lowest BCUT2D eigenvalue weighted by Crippen LogP contribution is -2.40. The summed E-state index contributed by atoms with van der Waals surface area (Å²) in [6, 6.07) is 16.0. The van der Waals surface area contributed by atoms with E-state index in [4.69, 9.17) is 4.74 Å². The number of likely N-dealkylation sites (tertiary alicyclic amines) is 1. The van der Waals surface area contributed by atoms with Crippen molar-refractivity contribution in [1.82, 2.24) is 24.6 Å². The van der Waals surface area contributed by atoms with Crippen LogP contribution in [0.1, 0.15) is 37.4 Å². The van der Waals surface area contributed by atoms with E-state index < -0.39 is 0 Å². The molecule has 1 amide bonds. The van der Waals surface area contributed by atoms with Gasteiger partial charge in [-0.3, -0.25) is 4.79 Å². The normalized spacial score (nSPS) is 13.9. The van der Waals surface area contributed by atoms with E-state index in [1.165, 1.54) is 24.3 Å². The topological polar surface area (TPSA) is 73.1 Å². The lowest BCUT2D eigenvalue weighted by atomic mass is 9.91. The smallest absolute Gasteiger partial charge is 0.244 e. The van der Waals surface area contributed by atoms with Crippen molar-refractivity contribution in [3.63, 3.8) is 0 Å². The number of amides is 1. The highest BCUT2D eigenvalue weighted by Crippen LogP contribution is 2.26. The van der Waals surface area contributed by atoms with E-state index >= 15 is 0 Å². The maximum absolute atomic E-state index is 13.6. The SMILES string of the molecule is CCc1ccc(CCC2CCN(C(=O)Cn3nc(-c4ccc(F)cc4)nc3-c3ccc(F)cc3)CC2)nc1OC. The summed E-state index contributed by atoms with van der Waals surface area (Å²) in [7, 11) is 1.66. The molecule has 208 valence electrons. The van der Waals surface area contributed by atoms with Crippen LogP contribution in [0.5, 0.6) is 5.88 Å². The first-order chi connectivity index (χ1) is 19.4. The molecule has 0 atom stereocenters. The fourth-order valence-electron chi connectivity index (χ4n) is 5.13. The van der Waals surface area contributed by atoms with Crippen molar-refractivity contribution in [2.75, 3.05) is 20.2 Å². The van der Waals surface area contributed by atoms with E-state index in [0.717, 1.165) is 43.4 Å². The number of aromatic nitrogens is 4. The zero-order valence-electron chi connectivity index (χ0n) is 22.8. The Hall–Kier alpha value is -4.14. The standard InChI is InChI=1S/C31H33F2N5O2/c1-3-22-9-15-27(34-31(22)40-2)14-4-21-16-18-37(19-17-21)28(39)20-38-30(24-7-12-26(33)13-8-24)35-29(36-38)23-5-10-25(32)11-6-23/h5-13,15,21H,3-4,14,16-20H2,1-2H3. The summed E-state index contributed by atoms with van der Waals surface area (Å²) in [5, 5.41) is 4.57. The van der Waals surface area contributed by atoms with E-state index in [0.29, 0.717) is 47.7 Å². The second-order valence-electron chi connectivity index (χ2n) is 10.1. The number of ether oxygens (including phenoxy) is 1. The number of carbonyl (C=O) groups excluding carboxylic acids is 1. The molecule has 2 aromatic carbocycles. The third-order valence-electron chi connectivity index (χ3n) is 7.51. The van der Waals surface area contributed by atoms with Gasteiger partial charge in [0.05, 0.1) is 7.11 Å². The first-order valence-corrected chi connectivity index (χ1v) is 13.7. The van der Waals surface area contributed by atoms with Crippen molar-refractivity contribution < 1.29 is 18.3 Å². The fraction of sp³-hybridized carbons (Fsp3) is 0.355. The van der Waals surface area contributed by atoms with Crippen LogP contribution in [-0.4, -0.2) is 50.8 Å². The average molecular weight is 546 g/mol.